The molecule has 0 radical (unpaired) electrons. The Morgan fingerprint density at radius 2 is 0.943 bits per heavy atom. The van der Waals surface area contributed by atoms with Crippen molar-refractivity contribution in [1.29, 1.82) is 0 Å². The summed E-state index contributed by atoms with van der Waals surface area (Å²) >= 11 is 0. The summed E-state index contributed by atoms with van der Waals surface area (Å²) in [6, 6.07) is 44.1. The first-order valence-corrected chi connectivity index (χ1v) is 11.7. The summed E-state index contributed by atoms with van der Waals surface area (Å²) < 4.78 is 2.28. The molecule has 0 bridgehead atoms. The quantitative estimate of drug-likeness (QED) is 0.267. The Morgan fingerprint density at radius 3 is 1.57 bits per heavy atom. The number of pyridine rings is 1. The van der Waals surface area contributed by atoms with E-state index in [1.807, 2.05) is 42.7 Å². The molecule has 0 N–H and O–H groups in total. The largest absolute Gasteiger partial charge is 0.292 e. The monoisotopic (exact) mass is 449 g/mol. The van der Waals surface area contributed by atoms with Crippen LogP contribution in [0.3, 0.4) is 0 Å². The third kappa shape index (κ3) is 4.04. The molecule has 166 valence electrons. The van der Waals surface area contributed by atoms with E-state index < -0.39 is 0 Å². The van der Waals surface area contributed by atoms with E-state index in [0.717, 1.165) is 50.7 Å². The summed E-state index contributed by atoms with van der Waals surface area (Å²) in [6.45, 7) is 0. The molecule has 6 rings (SSSR count). The van der Waals surface area contributed by atoms with Crippen molar-refractivity contribution in [1.82, 2.24) is 14.5 Å². The summed E-state index contributed by atoms with van der Waals surface area (Å²) in [5.41, 5.74) is 8.71. The minimum absolute atomic E-state index is 0.912. The van der Waals surface area contributed by atoms with Crippen LogP contribution in [-0.4, -0.2) is 14.5 Å². The fourth-order valence-corrected chi connectivity index (χ4v) is 4.46. The zero-order chi connectivity index (χ0) is 23.5. The van der Waals surface area contributed by atoms with Gasteiger partial charge in [0.25, 0.3) is 0 Å². The second kappa shape index (κ2) is 9.24. The van der Waals surface area contributed by atoms with Gasteiger partial charge in [0.15, 0.2) is 0 Å². The van der Waals surface area contributed by atoms with Gasteiger partial charge >= 0.3 is 0 Å². The second-order valence-electron chi connectivity index (χ2n) is 8.35. The van der Waals surface area contributed by atoms with Gasteiger partial charge in [-0.15, -0.1) is 0 Å². The van der Waals surface area contributed by atoms with E-state index in [9.17, 15) is 0 Å². The highest BCUT2D eigenvalue weighted by Crippen LogP contribution is 2.38. The number of hydrogen-bond donors (Lipinski definition) is 0. The van der Waals surface area contributed by atoms with Crippen LogP contribution in [0, 0.1) is 0 Å². The van der Waals surface area contributed by atoms with Crippen LogP contribution in [0.25, 0.3) is 50.7 Å². The highest BCUT2D eigenvalue weighted by molar-refractivity contribution is 5.84. The van der Waals surface area contributed by atoms with Gasteiger partial charge in [0.1, 0.15) is 5.82 Å². The Hall–Kier alpha value is -4.76. The van der Waals surface area contributed by atoms with Crippen molar-refractivity contribution < 1.29 is 0 Å². The lowest BCUT2D eigenvalue weighted by Crippen LogP contribution is -2.00. The number of imidazole rings is 1. The Balaban J connectivity index is 1.60. The zero-order valence-corrected chi connectivity index (χ0v) is 19.1. The van der Waals surface area contributed by atoms with Crippen molar-refractivity contribution in [3.05, 3.63) is 140 Å². The fraction of sp³-hybridized carbons (Fsp3) is 0. The van der Waals surface area contributed by atoms with Crippen LogP contribution in [-0.2, 0) is 0 Å². The van der Waals surface area contributed by atoms with Crippen molar-refractivity contribution in [2.75, 3.05) is 0 Å². The van der Waals surface area contributed by atoms with Gasteiger partial charge in [0, 0.05) is 34.8 Å². The number of hydrogen-bond acceptors (Lipinski definition) is 2. The molecule has 0 saturated heterocycles. The van der Waals surface area contributed by atoms with Gasteiger partial charge in [-0.25, -0.2) is 4.98 Å². The minimum atomic E-state index is 0.912. The Kier molecular flexibility index (Phi) is 5.50. The fourth-order valence-electron chi connectivity index (χ4n) is 4.46. The van der Waals surface area contributed by atoms with Crippen LogP contribution in [0.4, 0.5) is 0 Å². The molecule has 0 aliphatic heterocycles. The minimum Gasteiger partial charge on any atom is -0.292 e. The van der Waals surface area contributed by atoms with Gasteiger partial charge in [-0.2, -0.15) is 0 Å². The molecule has 3 nitrogen and oxygen atoms in total. The van der Waals surface area contributed by atoms with E-state index in [1.165, 1.54) is 0 Å². The summed E-state index contributed by atoms with van der Waals surface area (Å²) in [5.74, 6) is 0.912. The maximum atomic E-state index is 5.26. The van der Waals surface area contributed by atoms with Crippen LogP contribution >= 0.6 is 0 Å². The summed E-state index contributed by atoms with van der Waals surface area (Å²) in [4.78, 5) is 9.40. The maximum absolute atomic E-state index is 5.26. The lowest BCUT2D eigenvalue weighted by Gasteiger charge is -2.14. The molecule has 0 aliphatic carbocycles. The summed E-state index contributed by atoms with van der Waals surface area (Å²) in [7, 11) is 0. The van der Waals surface area contributed by atoms with Crippen molar-refractivity contribution in [2.45, 2.75) is 0 Å². The van der Waals surface area contributed by atoms with Crippen LogP contribution in [0.5, 0.6) is 0 Å². The number of aromatic nitrogens is 3. The standard InChI is InChI=1S/C32H23N3/c1-4-10-26(11-5-1)30-31(27-12-6-2-7-13-27)35(29-14-8-3-9-15-29)32(34-30)28-18-16-24(17-19-28)25-20-22-33-23-21-25/h1-23H. The van der Waals surface area contributed by atoms with Crippen LogP contribution in [0.1, 0.15) is 0 Å². The van der Waals surface area contributed by atoms with E-state index >= 15 is 0 Å². The first-order valence-electron chi connectivity index (χ1n) is 11.7. The lowest BCUT2D eigenvalue weighted by molar-refractivity contribution is 1.07. The van der Waals surface area contributed by atoms with Gasteiger partial charge in [-0.3, -0.25) is 9.55 Å². The molecule has 0 spiro atoms. The van der Waals surface area contributed by atoms with Gasteiger partial charge in [0.05, 0.1) is 11.4 Å². The lowest BCUT2D eigenvalue weighted by atomic mass is 10.0. The normalized spacial score (nSPS) is 10.9. The number of rotatable bonds is 5. The van der Waals surface area contributed by atoms with E-state index in [0.29, 0.717) is 0 Å². The predicted molar refractivity (Wildman–Crippen MR) is 143 cm³/mol. The molecule has 35 heavy (non-hydrogen) atoms. The average Bonchev–Trinajstić information content (AvgIpc) is 3.36. The van der Waals surface area contributed by atoms with Crippen molar-refractivity contribution >= 4 is 0 Å². The van der Waals surface area contributed by atoms with E-state index in [-0.39, 0.29) is 0 Å². The van der Waals surface area contributed by atoms with Crippen LogP contribution in [0.2, 0.25) is 0 Å². The SMILES string of the molecule is c1ccc(-c2nc(-c3ccc(-c4ccncc4)cc3)n(-c3ccccc3)c2-c2ccccc2)cc1. The Morgan fingerprint density at radius 1 is 0.429 bits per heavy atom. The number of para-hydroxylation sites is 1. The smallest absolute Gasteiger partial charge is 0.145 e. The van der Waals surface area contributed by atoms with Crippen LogP contribution in [0.15, 0.2) is 140 Å². The van der Waals surface area contributed by atoms with Crippen molar-refractivity contribution in [2.24, 2.45) is 0 Å². The van der Waals surface area contributed by atoms with Crippen LogP contribution < -0.4 is 0 Å². The number of nitrogens with zero attached hydrogens (tertiary/aromatic N) is 3. The van der Waals surface area contributed by atoms with E-state index in [1.54, 1.807) is 0 Å². The topological polar surface area (TPSA) is 30.7 Å². The van der Waals surface area contributed by atoms with E-state index in [4.69, 9.17) is 4.98 Å². The maximum Gasteiger partial charge on any atom is 0.145 e. The molecule has 0 atom stereocenters. The molecule has 3 heteroatoms. The van der Waals surface area contributed by atoms with Crippen molar-refractivity contribution in [3.8, 4) is 50.7 Å². The number of benzene rings is 4. The first-order chi connectivity index (χ1) is 17.4. The molecule has 0 amide bonds. The van der Waals surface area contributed by atoms with Gasteiger partial charge in [-0.05, 0) is 35.4 Å². The molecule has 6 aromatic rings. The highest BCUT2D eigenvalue weighted by atomic mass is 15.1. The van der Waals surface area contributed by atoms with Gasteiger partial charge in [-0.1, -0.05) is 103 Å². The molecular formula is C32H23N3. The highest BCUT2D eigenvalue weighted by Gasteiger charge is 2.22. The molecular weight excluding hydrogens is 426 g/mol. The molecule has 0 aliphatic rings. The van der Waals surface area contributed by atoms with Gasteiger partial charge in [0.2, 0.25) is 0 Å². The molecule has 2 aromatic heterocycles. The Bertz CT molecular complexity index is 1540. The first kappa shape index (κ1) is 20.8. The van der Waals surface area contributed by atoms with Crippen molar-refractivity contribution in [3.63, 3.8) is 0 Å². The second-order valence-corrected chi connectivity index (χ2v) is 8.35. The molecule has 0 unspecified atom stereocenters. The molecule has 0 saturated carbocycles. The van der Waals surface area contributed by atoms with Gasteiger partial charge < -0.3 is 0 Å². The molecule has 0 fully saturated rings. The molecule has 4 aromatic carbocycles. The zero-order valence-electron chi connectivity index (χ0n) is 19.1. The third-order valence-electron chi connectivity index (χ3n) is 6.14. The summed E-state index contributed by atoms with van der Waals surface area (Å²) in [6.07, 6.45) is 3.65. The van der Waals surface area contributed by atoms with E-state index in [2.05, 4.69) is 107 Å². The average molecular weight is 450 g/mol. The Labute approximate surface area is 205 Å². The molecule has 2 heterocycles. The third-order valence-corrected chi connectivity index (χ3v) is 6.14. The summed E-state index contributed by atoms with van der Waals surface area (Å²) in [5, 5.41) is 0. The predicted octanol–water partition coefficient (Wildman–Crippen LogP) is 7.94.